The summed E-state index contributed by atoms with van der Waals surface area (Å²) in [6, 6.07) is 13.6. The molecule has 0 bridgehead atoms. The number of esters is 2. The number of hydrogen-bond donors (Lipinski definition) is 0. The first kappa shape index (κ1) is 27.6. The van der Waals surface area contributed by atoms with Gasteiger partial charge >= 0.3 is 11.9 Å². The molecule has 11 heteroatoms. The van der Waals surface area contributed by atoms with E-state index in [1.54, 1.807) is 48.5 Å². The second-order valence-corrected chi connectivity index (χ2v) is 10.1. The summed E-state index contributed by atoms with van der Waals surface area (Å²) < 4.78 is 33.8. The molecular weight excluding hydrogens is 560 g/mol. The van der Waals surface area contributed by atoms with Crippen molar-refractivity contribution in [3.05, 3.63) is 93.2 Å². The Morgan fingerprint density at radius 1 is 1.07 bits per heavy atom. The molecule has 0 amide bonds. The summed E-state index contributed by atoms with van der Waals surface area (Å²) in [6.45, 7) is 3.33. The van der Waals surface area contributed by atoms with Gasteiger partial charge in [-0.05, 0) is 49.7 Å². The molecule has 1 aliphatic rings. The number of fused-ring (bicyclic) bond motifs is 1. The van der Waals surface area contributed by atoms with E-state index in [-0.39, 0.29) is 27.9 Å². The zero-order valence-electron chi connectivity index (χ0n) is 21.4. The van der Waals surface area contributed by atoms with Gasteiger partial charge in [0.1, 0.15) is 18.0 Å². The van der Waals surface area contributed by atoms with Crippen molar-refractivity contribution in [3.8, 4) is 12.3 Å². The number of benzene rings is 2. The lowest BCUT2D eigenvalue weighted by atomic mass is 9.98. The Bertz CT molecular complexity index is 1650. The Labute approximate surface area is 239 Å². The zero-order valence-corrected chi connectivity index (χ0v) is 22.9. The van der Waals surface area contributed by atoms with Crippen molar-refractivity contribution in [3.63, 3.8) is 0 Å². The highest BCUT2D eigenvalue weighted by Crippen LogP contribution is 2.41. The summed E-state index contributed by atoms with van der Waals surface area (Å²) >= 11 is 12.1. The van der Waals surface area contributed by atoms with Gasteiger partial charge in [0.05, 0.1) is 16.5 Å². The number of ether oxygens (including phenoxy) is 3. The molecule has 4 aromatic rings. The van der Waals surface area contributed by atoms with Crippen LogP contribution in [0.15, 0.2) is 54.7 Å². The molecular formula is C29H22Cl2FN3O5. The van der Waals surface area contributed by atoms with Gasteiger partial charge < -0.3 is 18.8 Å². The number of carbonyl (C=O) groups is 2. The quantitative estimate of drug-likeness (QED) is 0.122. The molecule has 8 nitrogen and oxygen atoms in total. The second kappa shape index (κ2) is 10.9. The Morgan fingerprint density at radius 2 is 1.68 bits per heavy atom. The van der Waals surface area contributed by atoms with E-state index in [9.17, 15) is 14.0 Å². The van der Waals surface area contributed by atoms with Gasteiger partial charge in [-0.1, -0.05) is 52.9 Å². The van der Waals surface area contributed by atoms with Crippen LogP contribution in [0.2, 0.25) is 10.4 Å². The number of carbonyl (C=O) groups excluding carboxylic acids is 2. The van der Waals surface area contributed by atoms with Crippen molar-refractivity contribution >= 4 is 46.2 Å². The van der Waals surface area contributed by atoms with Crippen LogP contribution in [0.4, 0.5) is 4.39 Å². The van der Waals surface area contributed by atoms with Crippen LogP contribution in [0.5, 0.6) is 0 Å². The summed E-state index contributed by atoms with van der Waals surface area (Å²) in [7, 11) is 0. The predicted octanol–water partition coefficient (Wildman–Crippen LogP) is 5.87. The molecule has 5 rings (SSSR count). The van der Waals surface area contributed by atoms with E-state index < -0.39 is 42.3 Å². The molecule has 3 atom stereocenters. The summed E-state index contributed by atoms with van der Waals surface area (Å²) in [5.41, 5.74) is 0.875. The van der Waals surface area contributed by atoms with Crippen molar-refractivity contribution in [2.24, 2.45) is 0 Å². The molecule has 0 radical (unpaired) electrons. The first-order valence-corrected chi connectivity index (χ1v) is 12.9. The lowest BCUT2D eigenvalue weighted by Gasteiger charge is -2.28. The number of aromatic nitrogens is 3. The van der Waals surface area contributed by atoms with Gasteiger partial charge in [0.25, 0.3) is 0 Å². The average molecular weight is 582 g/mol. The maximum absolute atomic E-state index is 14.9. The third-order valence-electron chi connectivity index (χ3n) is 6.63. The van der Waals surface area contributed by atoms with Crippen LogP contribution in [0.1, 0.15) is 44.5 Å². The van der Waals surface area contributed by atoms with Crippen LogP contribution in [-0.4, -0.2) is 44.8 Å². The van der Waals surface area contributed by atoms with Gasteiger partial charge in [0, 0.05) is 12.6 Å². The van der Waals surface area contributed by atoms with Crippen LogP contribution in [0, 0.1) is 32.0 Å². The SMILES string of the molecule is C#C[C@]1(COC(=O)c2ccc(C)cc2)O[C@@H](n2cc(F)c3c(Cl)nc(Cl)nc32)C[C@@H]1OC(=O)c1ccc(C)cc1. The predicted molar refractivity (Wildman–Crippen MR) is 146 cm³/mol. The van der Waals surface area contributed by atoms with Gasteiger partial charge in [-0.25, -0.2) is 19.0 Å². The standard InChI is InChI=1S/C29H22Cl2FN3O5/c1-4-29(15-38-26(36)18-9-5-16(2)6-10-18)21(39-27(37)19-11-7-17(3)8-12-19)13-22(40-29)35-14-20(32)23-24(30)33-28(31)34-25(23)35/h1,5-12,14,21-22H,13,15H2,2-3H3/t21-,22+,29+/m0/s1. The first-order valence-electron chi connectivity index (χ1n) is 12.2. The molecule has 3 heterocycles. The largest absolute Gasteiger partial charge is 0.458 e. The van der Waals surface area contributed by atoms with Crippen molar-refractivity contribution in [1.29, 1.82) is 0 Å². The number of aryl methyl sites for hydroxylation is 2. The summed E-state index contributed by atoms with van der Waals surface area (Å²) in [5.74, 6) is 0.506. The molecule has 0 spiro atoms. The molecule has 204 valence electrons. The topological polar surface area (TPSA) is 92.5 Å². The summed E-state index contributed by atoms with van der Waals surface area (Å²) in [6.07, 6.45) is 4.96. The van der Waals surface area contributed by atoms with Crippen LogP contribution in [0.3, 0.4) is 0 Å². The van der Waals surface area contributed by atoms with E-state index in [4.69, 9.17) is 43.8 Å². The Hall–Kier alpha value is -3.97. The maximum Gasteiger partial charge on any atom is 0.338 e. The zero-order chi connectivity index (χ0) is 28.6. The van der Waals surface area contributed by atoms with Gasteiger partial charge in [0.15, 0.2) is 17.6 Å². The van der Waals surface area contributed by atoms with Crippen LogP contribution in [-0.2, 0) is 14.2 Å². The van der Waals surface area contributed by atoms with Crippen molar-refractivity contribution in [2.75, 3.05) is 6.61 Å². The Kier molecular flexibility index (Phi) is 7.51. The number of nitrogens with zero attached hydrogens (tertiary/aromatic N) is 3. The third kappa shape index (κ3) is 5.26. The van der Waals surface area contributed by atoms with Crippen molar-refractivity contribution in [2.45, 2.75) is 38.2 Å². The molecule has 2 aromatic heterocycles. The monoisotopic (exact) mass is 581 g/mol. The van der Waals surface area contributed by atoms with Gasteiger partial charge in [-0.2, -0.15) is 4.98 Å². The van der Waals surface area contributed by atoms with Gasteiger partial charge in [-0.15, -0.1) is 6.42 Å². The van der Waals surface area contributed by atoms with Gasteiger partial charge in [-0.3, -0.25) is 0 Å². The van der Waals surface area contributed by atoms with Crippen LogP contribution in [0.25, 0.3) is 11.0 Å². The smallest absolute Gasteiger partial charge is 0.338 e. The van der Waals surface area contributed by atoms with Gasteiger partial charge in [0.2, 0.25) is 10.9 Å². The van der Waals surface area contributed by atoms with E-state index in [1.165, 1.54) is 4.57 Å². The Morgan fingerprint density at radius 3 is 2.27 bits per heavy atom. The minimum Gasteiger partial charge on any atom is -0.458 e. The highest BCUT2D eigenvalue weighted by atomic mass is 35.5. The number of terminal acetylenes is 1. The fraction of sp³-hybridized carbons (Fsp3) is 0.241. The second-order valence-electron chi connectivity index (χ2n) is 9.41. The molecule has 0 N–H and O–H groups in total. The lowest BCUT2D eigenvalue weighted by molar-refractivity contribution is -0.0967. The first-order chi connectivity index (χ1) is 19.1. The Balaban J connectivity index is 1.48. The molecule has 1 fully saturated rings. The highest BCUT2D eigenvalue weighted by Gasteiger charge is 2.52. The molecule has 2 aromatic carbocycles. The summed E-state index contributed by atoms with van der Waals surface area (Å²) in [5, 5.41) is -0.443. The van der Waals surface area contributed by atoms with E-state index in [0.29, 0.717) is 11.1 Å². The van der Waals surface area contributed by atoms with E-state index in [1.807, 2.05) is 13.8 Å². The van der Waals surface area contributed by atoms with Crippen molar-refractivity contribution in [1.82, 2.24) is 14.5 Å². The van der Waals surface area contributed by atoms with E-state index in [0.717, 1.165) is 17.3 Å². The van der Waals surface area contributed by atoms with E-state index >= 15 is 0 Å². The molecule has 1 aliphatic heterocycles. The lowest BCUT2D eigenvalue weighted by Crippen LogP contribution is -2.45. The highest BCUT2D eigenvalue weighted by molar-refractivity contribution is 6.35. The molecule has 0 aliphatic carbocycles. The fourth-order valence-corrected chi connectivity index (χ4v) is 4.90. The molecule has 0 saturated carbocycles. The average Bonchev–Trinajstić information content (AvgIpc) is 3.45. The minimum absolute atomic E-state index is 0.0215. The van der Waals surface area contributed by atoms with Crippen molar-refractivity contribution < 1.29 is 28.2 Å². The summed E-state index contributed by atoms with van der Waals surface area (Å²) in [4.78, 5) is 33.8. The molecule has 1 saturated heterocycles. The van der Waals surface area contributed by atoms with Crippen LogP contribution < -0.4 is 0 Å². The minimum atomic E-state index is -1.71. The number of rotatable bonds is 6. The maximum atomic E-state index is 14.9. The third-order valence-corrected chi connectivity index (χ3v) is 7.08. The fourth-order valence-electron chi connectivity index (χ4n) is 4.44. The normalized spacial score (nSPS) is 20.3. The number of hydrogen-bond acceptors (Lipinski definition) is 7. The number of halogens is 3. The molecule has 0 unspecified atom stereocenters. The van der Waals surface area contributed by atoms with Crippen LogP contribution >= 0.6 is 23.2 Å². The van der Waals surface area contributed by atoms with E-state index in [2.05, 4.69) is 15.9 Å². The molecule has 40 heavy (non-hydrogen) atoms.